The largest absolute Gasteiger partial charge is 0.328 e. The second kappa shape index (κ2) is 5.81. The number of thioether (sulfide) groups is 1. The number of carbonyl (C=O) groups excluding carboxylic acids is 1. The fourth-order valence-electron chi connectivity index (χ4n) is 3.18. The summed E-state index contributed by atoms with van der Waals surface area (Å²) in [4.78, 5) is 21.2. The van der Waals surface area contributed by atoms with Crippen molar-refractivity contribution in [3.05, 3.63) is 41.4 Å². The predicted molar refractivity (Wildman–Crippen MR) is 88.3 cm³/mol. The summed E-state index contributed by atoms with van der Waals surface area (Å²) in [5, 5.41) is 8.69. The summed E-state index contributed by atoms with van der Waals surface area (Å²) < 4.78 is 1.84. The first kappa shape index (κ1) is 14.4. The minimum absolute atomic E-state index is 0.200. The molecule has 7 heteroatoms. The SMILES string of the molecule is CCSc1nc2n(n1)C(c1ccncc1)C1=C(CCCC1=O)N2. The smallest absolute Gasteiger partial charge is 0.227 e. The average molecular weight is 327 g/mol. The lowest BCUT2D eigenvalue weighted by Gasteiger charge is -2.32. The van der Waals surface area contributed by atoms with E-state index < -0.39 is 0 Å². The van der Waals surface area contributed by atoms with Crippen LogP contribution < -0.4 is 5.32 Å². The molecule has 0 amide bonds. The Labute approximate surface area is 138 Å². The Kier molecular flexibility index (Phi) is 3.65. The van der Waals surface area contributed by atoms with Crippen LogP contribution in [0.5, 0.6) is 0 Å². The number of pyridine rings is 1. The minimum atomic E-state index is -0.212. The zero-order valence-electron chi connectivity index (χ0n) is 12.8. The third kappa shape index (κ3) is 2.45. The Morgan fingerprint density at radius 3 is 2.96 bits per heavy atom. The van der Waals surface area contributed by atoms with Crippen molar-refractivity contribution in [3.8, 4) is 0 Å². The summed E-state index contributed by atoms with van der Waals surface area (Å²) in [5.74, 6) is 1.83. The number of fused-ring (bicyclic) bond motifs is 1. The van der Waals surface area contributed by atoms with Crippen molar-refractivity contribution < 1.29 is 4.79 Å². The van der Waals surface area contributed by atoms with Crippen LogP contribution in [0.25, 0.3) is 0 Å². The van der Waals surface area contributed by atoms with Crippen molar-refractivity contribution in [3.63, 3.8) is 0 Å². The fraction of sp³-hybridized carbons (Fsp3) is 0.375. The zero-order valence-corrected chi connectivity index (χ0v) is 13.6. The maximum Gasteiger partial charge on any atom is 0.227 e. The first-order valence-corrected chi connectivity index (χ1v) is 8.79. The number of Topliss-reactive ketones (excluding diaryl/α,β-unsaturated/α-hetero) is 1. The Balaban J connectivity index is 1.87. The monoisotopic (exact) mass is 327 g/mol. The van der Waals surface area contributed by atoms with Gasteiger partial charge in [-0.05, 0) is 36.3 Å². The summed E-state index contributed by atoms with van der Waals surface area (Å²) in [6, 6.07) is 3.68. The molecule has 0 fully saturated rings. The van der Waals surface area contributed by atoms with Gasteiger partial charge in [0.1, 0.15) is 6.04 Å². The van der Waals surface area contributed by atoms with E-state index in [0.717, 1.165) is 46.5 Å². The molecule has 4 rings (SSSR count). The molecule has 1 N–H and O–H groups in total. The maximum atomic E-state index is 12.6. The lowest BCUT2D eigenvalue weighted by molar-refractivity contribution is -0.116. The van der Waals surface area contributed by atoms with Crippen LogP contribution in [0, 0.1) is 0 Å². The Morgan fingerprint density at radius 1 is 1.35 bits per heavy atom. The van der Waals surface area contributed by atoms with Crippen LogP contribution >= 0.6 is 11.8 Å². The lowest BCUT2D eigenvalue weighted by atomic mass is 9.86. The van der Waals surface area contributed by atoms with Crippen molar-refractivity contribution in [2.75, 3.05) is 11.1 Å². The van der Waals surface area contributed by atoms with Gasteiger partial charge in [0.25, 0.3) is 0 Å². The molecular weight excluding hydrogens is 310 g/mol. The van der Waals surface area contributed by atoms with Crippen molar-refractivity contribution in [2.45, 2.75) is 37.4 Å². The van der Waals surface area contributed by atoms with Gasteiger partial charge in [-0.1, -0.05) is 18.7 Å². The lowest BCUT2D eigenvalue weighted by Crippen LogP contribution is -2.31. The molecule has 6 nitrogen and oxygen atoms in total. The number of rotatable bonds is 3. The molecule has 0 saturated carbocycles. The number of allylic oxidation sites excluding steroid dienone is 2. The van der Waals surface area contributed by atoms with Gasteiger partial charge in [-0.15, -0.1) is 5.10 Å². The van der Waals surface area contributed by atoms with Crippen LogP contribution in [-0.4, -0.2) is 31.3 Å². The zero-order chi connectivity index (χ0) is 15.8. The standard InChI is InChI=1S/C16H17N5OS/c1-2-23-16-19-15-18-11-4-3-5-12(22)13(11)14(21(15)20-16)10-6-8-17-9-7-10/h6-9,14H,2-5H2,1H3,(H,18,19,20). The molecule has 3 heterocycles. The molecule has 0 bridgehead atoms. The van der Waals surface area contributed by atoms with Crippen LogP contribution in [0.1, 0.15) is 37.8 Å². The second-order valence-corrected chi connectivity index (χ2v) is 6.80. The van der Waals surface area contributed by atoms with Gasteiger partial charge in [-0.3, -0.25) is 9.78 Å². The number of anilines is 1. The van der Waals surface area contributed by atoms with E-state index in [1.807, 2.05) is 16.8 Å². The number of nitrogens with zero attached hydrogens (tertiary/aromatic N) is 4. The first-order chi connectivity index (χ1) is 11.3. The van der Waals surface area contributed by atoms with E-state index in [1.165, 1.54) is 0 Å². The summed E-state index contributed by atoms with van der Waals surface area (Å²) in [7, 11) is 0. The van der Waals surface area contributed by atoms with E-state index in [2.05, 4.69) is 27.3 Å². The molecule has 23 heavy (non-hydrogen) atoms. The summed E-state index contributed by atoms with van der Waals surface area (Å²) in [6.07, 6.45) is 5.87. The molecule has 1 unspecified atom stereocenters. The number of carbonyl (C=O) groups is 1. The van der Waals surface area contributed by atoms with Crippen molar-refractivity contribution in [1.29, 1.82) is 0 Å². The van der Waals surface area contributed by atoms with Gasteiger partial charge in [0, 0.05) is 30.1 Å². The third-order valence-corrected chi connectivity index (χ3v) is 4.86. The van der Waals surface area contributed by atoms with E-state index in [-0.39, 0.29) is 11.8 Å². The Hall–Kier alpha value is -2.15. The molecule has 2 aliphatic rings. The molecule has 0 radical (unpaired) electrons. The highest BCUT2D eigenvalue weighted by molar-refractivity contribution is 7.99. The van der Waals surface area contributed by atoms with Gasteiger partial charge in [-0.25, -0.2) is 4.68 Å². The molecule has 1 aliphatic heterocycles. The number of ketones is 1. The molecular formula is C16H17N5OS. The van der Waals surface area contributed by atoms with Gasteiger partial charge >= 0.3 is 0 Å². The van der Waals surface area contributed by atoms with E-state index in [4.69, 9.17) is 0 Å². The first-order valence-electron chi connectivity index (χ1n) is 7.80. The van der Waals surface area contributed by atoms with E-state index in [1.54, 1.807) is 24.2 Å². The quantitative estimate of drug-likeness (QED) is 0.874. The molecule has 118 valence electrons. The third-order valence-electron chi connectivity index (χ3n) is 4.14. The molecule has 0 aromatic carbocycles. The van der Waals surface area contributed by atoms with Crippen LogP contribution in [0.4, 0.5) is 5.95 Å². The highest BCUT2D eigenvalue weighted by Gasteiger charge is 2.36. The van der Waals surface area contributed by atoms with E-state index in [9.17, 15) is 4.79 Å². The minimum Gasteiger partial charge on any atom is -0.328 e. The fourth-order valence-corrected chi connectivity index (χ4v) is 3.74. The highest BCUT2D eigenvalue weighted by atomic mass is 32.2. The summed E-state index contributed by atoms with van der Waals surface area (Å²) in [5.41, 5.74) is 2.84. The second-order valence-electron chi connectivity index (χ2n) is 5.57. The number of nitrogens with one attached hydrogen (secondary N) is 1. The van der Waals surface area contributed by atoms with Gasteiger partial charge in [0.15, 0.2) is 5.78 Å². The maximum absolute atomic E-state index is 12.6. The van der Waals surface area contributed by atoms with Crippen molar-refractivity contribution in [1.82, 2.24) is 19.7 Å². The molecule has 2 aromatic rings. The van der Waals surface area contributed by atoms with Crippen LogP contribution in [0.3, 0.4) is 0 Å². The average Bonchev–Trinajstić information content (AvgIpc) is 2.96. The van der Waals surface area contributed by atoms with Crippen molar-refractivity contribution >= 4 is 23.5 Å². The van der Waals surface area contributed by atoms with Gasteiger partial charge in [0.2, 0.25) is 11.1 Å². The molecule has 1 atom stereocenters. The predicted octanol–water partition coefficient (Wildman–Crippen LogP) is 2.81. The normalized spacial score (nSPS) is 20.0. The Morgan fingerprint density at radius 2 is 2.17 bits per heavy atom. The van der Waals surface area contributed by atoms with Crippen LogP contribution in [0.2, 0.25) is 0 Å². The Bertz CT molecular complexity index is 783. The summed E-state index contributed by atoms with van der Waals surface area (Å²) >= 11 is 1.60. The highest BCUT2D eigenvalue weighted by Crippen LogP contribution is 2.40. The van der Waals surface area contributed by atoms with Crippen LogP contribution in [-0.2, 0) is 4.79 Å². The number of hydrogen-bond acceptors (Lipinski definition) is 6. The van der Waals surface area contributed by atoms with Gasteiger partial charge in [-0.2, -0.15) is 4.98 Å². The van der Waals surface area contributed by atoms with Gasteiger partial charge in [0.05, 0.1) is 0 Å². The van der Waals surface area contributed by atoms with Crippen molar-refractivity contribution in [2.24, 2.45) is 0 Å². The molecule has 1 aliphatic carbocycles. The number of aromatic nitrogens is 4. The van der Waals surface area contributed by atoms with Gasteiger partial charge < -0.3 is 5.32 Å². The summed E-state index contributed by atoms with van der Waals surface area (Å²) in [6.45, 7) is 2.07. The molecule has 0 spiro atoms. The van der Waals surface area contributed by atoms with E-state index >= 15 is 0 Å². The number of hydrogen-bond donors (Lipinski definition) is 1. The van der Waals surface area contributed by atoms with Crippen LogP contribution in [0.15, 0.2) is 41.0 Å². The molecule has 2 aromatic heterocycles. The topological polar surface area (TPSA) is 72.7 Å². The van der Waals surface area contributed by atoms with E-state index in [0.29, 0.717) is 6.42 Å². The molecule has 0 saturated heterocycles.